The number of aromatic nitrogens is 1. The predicted octanol–water partition coefficient (Wildman–Crippen LogP) is 1.64. The molecule has 2 atom stereocenters. The fourth-order valence-corrected chi connectivity index (χ4v) is 2.12. The Morgan fingerprint density at radius 2 is 2.44 bits per heavy atom. The second-order valence-corrected chi connectivity index (χ2v) is 4.28. The third kappa shape index (κ3) is 2.64. The highest BCUT2D eigenvalue weighted by atomic mass is 16.5. The monoisotopic (exact) mass is 221 g/mol. The first-order valence-corrected chi connectivity index (χ1v) is 5.78. The zero-order valence-electron chi connectivity index (χ0n) is 9.86. The second-order valence-electron chi connectivity index (χ2n) is 4.28. The van der Waals surface area contributed by atoms with Gasteiger partial charge in [0.25, 0.3) is 0 Å². The molecule has 0 aliphatic carbocycles. The van der Waals surface area contributed by atoms with E-state index in [2.05, 4.69) is 22.5 Å². The summed E-state index contributed by atoms with van der Waals surface area (Å²) in [5.41, 5.74) is 0. The smallest absolute Gasteiger partial charge is 0.168 e. The highest BCUT2D eigenvalue weighted by Crippen LogP contribution is 2.23. The number of hydrogen-bond donors (Lipinski definition) is 2. The molecule has 4 heteroatoms. The molecule has 1 aromatic rings. The lowest BCUT2D eigenvalue weighted by atomic mass is 10.0. The Morgan fingerprint density at radius 1 is 1.56 bits per heavy atom. The van der Waals surface area contributed by atoms with E-state index in [4.69, 9.17) is 4.74 Å². The lowest BCUT2D eigenvalue weighted by Crippen LogP contribution is -2.41. The van der Waals surface area contributed by atoms with Crippen LogP contribution in [0.1, 0.15) is 19.8 Å². The van der Waals surface area contributed by atoms with Crippen molar-refractivity contribution in [1.82, 2.24) is 10.3 Å². The zero-order chi connectivity index (χ0) is 11.4. The number of hydrogen-bond acceptors (Lipinski definition) is 4. The van der Waals surface area contributed by atoms with Crippen LogP contribution in [0.3, 0.4) is 0 Å². The molecule has 1 fully saturated rings. The molecular weight excluding hydrogens is 202 g/mol. The summed E-state index contributed by atoms with van der Waals surface area (Å²) in [7, 11) is 1.67. The Bertz CT molecular complexity index is 343. The van der Waals surface area contributed by atoms with Crippen molar-refractivity contribution in [3.63, 3.8) is 0 Å². The molecule has 1 aromatic heterocycles. The fourth-order valence-electron chi connectivity index (χ4n) is 2.12. The van der Waals surface area contributed by atoms with Gasteiger partial charge in [-0.25, -0.2) is 4.98 Å². The molecule has 0 aromatic carbocycles. The molecular formula is C12H19N3O. The average molecular weight is 221 g/mol. The fraction of sp³-hybridized carbons (Fsp3) is 0.583. The average Bonchev–Trinajstić information content (AvgIpc) is 2.30. The molecule has 1 aliphatic heterocycles. The Morgan fingerprint density at radius 3 is 3.19 bits per heavy atom. The molecule has 0 spiro atoms. The number of anilines is 1. The van der Waals surface area contributed by atoms with Crippen LogP contribution >= 0.6 is 0 Å². The van der Waals surface area contributed by atoms with Gasteiger partial charge in [0.1, 0.15) is 0 Å². The van der Waals surface area contributed by atoms with Crippen molar-refractivity contribution in [2.24, 2.45) is 0 Å². The van der Waals surface area contributed by atoms with Gasteiger partial charge in [-0.1, -0.05) is 0 Å². The summed E-state index contributed by atoms with van der Waals surface area (Å²) >= 11 is 0. The minimum atomic E-state index is 0.486. The van der Waals surface area contributed by atoms with Gasteiger partial charge in [-0.2, -0.15) is 0 Å². The molecule has 16 heavy (non-hydrogen) atoms. The van der Waals surface area contributed by atoms with Gasteiger partial charge in [-0.15, -0.1) is 0 Å². The van der Waals surface area contributed by atoms with Crippen LogP contribution in [-0.2, 0) is 0 Å². The molecule has 2 unspecified atom stereocenters. The lowest BCUT2D eigenvalue weighted by Gasteiger charge is -2.29. The Hall–Kier alpha value is -1.29. The molecule has 1 aliphatic rings. The van der Waals surface area contributed by atoms with Crippen molar-refractivity contribution in [2.45, 2.75) is 31.8 Å². The molecule has 0 saturated carbocycles. The molecule has 0 radical (unpaired) electrons. The van der Waals surface area contributed by atoms with E-state index in [-0.39, 0.29) is 0 Å². The highest BCUT2D eigenvalue weighted by Gasteiger charge is 2.19. The van der Waals surface area contributed by atoms with Crippen molar-refractivity contribution < 1.29 is 4.74 Å². The van der Waals surface area contributed by atoms with Gasteiger partial charge < -0.3 is 15.4 Å². The summed E-state index contributed by atoms with van der Waals surface area (Å²) in [6.07, 6.45) is 4.04. The lowest BCUT2D eigenvalue weighted by molar-refractivity contribution is 0.389. The van der Waals surface area contributed by atoms with Gasteiger partial charge in [-0.05, 0) is 38.4 Å². The number of rotatable bonds is 3. The van der Waals surface area contributed by atoms with E-state index < -0.39 is 0 Å². The maximum absolute atomic E-state index is 5.27. The van der Waals surface area contributed by atoms with E-state index in [1.807, 2.05) is 12.1 Å². The first kappa shape index (κ1) is 11.2. The Balaban J connectivity index is 2.02. The molecule has 88 valence electrons. The molecule has 4 nitrogen and oxygen atoms in total. The van der Waals surface area contributed by atoms with Gasteiger partial charge in [0.05, 0.1) is 7.11 Å². The molecule has 0 bridgehead atoms. The van der Waals surface area contributed by atoms with E-state index in [0.717, 1.165) is 31.0 Å². The van der Waals surface area contributed by atoms with Crippen molar-refractivity contribution >= 4 is 5.82 Å². The number of piperidine rings is 1. The minimum absolute atomic E-state index is 0.486. The predicted molar refractivity (Wildman–Crippen MR) is 64.9 cm³/mol. The summed E-state index contributed by atoms with van der Waals surface area (Å²) in [6.45, 7) is 3.28. The molecule has 2 N–H and O–H groups in total. The summed E-state index contributed by atoms with van der Waals surface area (Å²) in [6, 6.07) is 4.87. The summed E-state index contributed by atoms with van der Waals surface area (Å²) < 4.78 is 5.27. The van der Waals surface area contributed by atoms with Crippen molar-refractivity contribution in [2.75, 3.05) is 19.0 Å². The van der Waals surface area contributed by atoms with Crippen LogP contribution in [0.5, 0.6) is 5.75 Å². The first-order chi connectivity index (χ1) is 7.79. The zero-order valence-corrected chi connectivity index (χ0v) is 9.86. The van der Waals surface area contributed by atoms with Crippen LogP contribution in [-0.4, -0.2) is 30.7 Å². The van der Waals surface area contributed by atoms with Crippen molar-refractivity contribution in [3.8, 4) is 5.75 Å². The van der Waals surface area contributed by atoms with Gasteiger partial charge in [0.2, 0.25) is 0 Å². The number of nitrogens with zero attached hydrogens (tertiary/aromatic N) is 1. The van der Waals surface area contributed by atoms with Crippen molar-refractivity contribution in [3.05, 3.63) is 18.3 Å². The topological polar surface area (TPSA) is 46.2 Å². The minimum Gasteiger partial charge on any atom is -0.493 e. The van der Waals surface area contributed by atoms with Crippen LogP contribution in [0, 0.1) is 0 Å². The third-order valence-corrected chi connectivity index (χ3v) is 2.96. The summed E-state index contributed by atoms with van der Waals surface area (Å²) in [5, 5.41) is 6.89. The standard InChI is InChI=1S/C12H19N3O/c1-9-8-10(5-7-13-9)15-12-11(16-2)4-3-6-14-12/h3-4,6,9-10,13H,5,7-8H2,1-2H3,(H,14,15). The van der Waals surface area contributed by atoms with Crippen LogP contribution in [0.25, 0.3) is 0 Å². The normalized spacial score (nSPS) is 25.1. The highest BCUT2D eigenvalue weighted by molar-refractivity contribution is 5.50. The Kier molecular flexibility index (Phi) is 3.62. The largest absolute Gasteiger partial charge is 0.493 e. The maximum Gasteiger partial charge on any atom is 0.168 e. The van der Waals surface area contributed by atoms with Crippen LogP contribution < -0.4 is 15.4 Å². The van der Waals surface area contributed by atoms with Gasteiger partial charge >= 0.3 is 0 Å². The van der Waals surface area contributed by atoms with E-state index in [1.165, 1.54) is 0 Å². The molecule has 0 amide bonds. The molecule has 2 heterocycles. The van der Waals surface area contributed by atoms with E-state index in [1.54, 1.807) is 13.3 Å². The van der Waals surface area contributed by atoms with Crippen molar-refractivity contribution in [1.29, 1.82) is 0 Å². The van der Waals surface area contributed by atoms with Crippen LogP contribution in [0.2, 0.25) is 0 Å². The van der Waals surface area contributed by atoms with E-state index >= 15 is 0 Å². The second kappa shape index (κ2) is 5.16. The van der Waals surface area contributed by atoms with Gasteiger partial charge in [0, 0.05) is 18.3 Å². The van der Waals surface area contributed by atoms with E-state index in [9.17, 15) is 0 Å². The SMILES string of the molecule is COc1cccnc1NC1CCNC(C)C1. The summed E-state index contributed by atoms with van der Waals surface area (Å²) in [5.74, 6) is 1.66. The van der Waals surface area contributed by atoms with Gasteiger partial charge in [-0.3, -0.25) is 0 Å². The third-order valence-electron chi connectivity index (χ3n) is 2.96. The number of pyridine rings is 1. The quantitative estimate of drug-likeness (QED) is 0.814. The number of ether oxygens (including phenoxy) is 1. The van der Waals surface area contributed by atoms with Gasteiger partial charge in [0.15, 0.2) is 11.6 Å². The van der Waals surface area contributed by atoms with Crippen LogP contribution in [0.4, 0.5) is 5.82 Å². The maximum atomic E-state index is 5.27. The van der Waals surface area contributed by atoms with E-state index in [0.29, 0.717) is 12.1 Å². The Labute approximate surface area is 96.4 Å². The first-order valence-electron chi connectivity index (χ1n) is 5.78. The van der Waals surface area contributed by atoms with Crippen LogP contribution in [0.15, 0.2) is 18.3 Å². The number of nitrogens with one attached hydrogen (secondary N) is 2. The molecule has 1 saturated heterocycles. The molecule has 2 rings (SSSR count). The number of methoxy groups -OCH3 is 1. The summed E-state index contributed by atoms with van der Waals surface area (Å²) in [4.78, 5) is 4.31.